The number of allylic oxidation sites excluding steroid dienone is 1. The Hall–Kier alpha value is -0.195. The van der Waals surface area contributed by atoms with Crippen molar-refractivity contribution in [3.63, 3.8) is 0 Å². The zero-order valence-corrected chi connectivity index (χ0v) is 10.2. The van der Waals surface area contributed by atoms with E-state index in [-0.39, 0.29) is 0 Å². The molecule has 2 unspecified atom stereocenters. The molecule has 1 heteroatoms. The second-order valence-corrected chi connectivity index (χ2v) is 5.08. The van der Waals surface area contributed by atoms with Gasteiger partial charge in [0.2, 0.25) is 0 Å². The van der Waals surface area contributed by atoms with Gasteiger partial charge in [0.1, 0.15) is 7.85 Å². The van der Waals surface area contributed by atoms with Gasteiger partial charge in [-0.2, -0.15) is 0 Å². The van der Waals surface area contributed by atoms with E-state index in [2.05, 4.69) is 54.5 Å². The molecule has 0 heterocycles. The standard InChI is InChI=1S/C12H25B/c1-6-12(4,5)9-11(3)10(2)7-8-13/h7-8,10-11H,6,9,13H2,1-5H3. The van der Waals surface area contributed by atoms with Crippen LogP contribution in [0.1, 0.15) is 47.5 Å². The first-order valence-electron chi connectivity index (χ1n) is 5.55. The smallest absolute Gasteiger partial charge is 0.127 e. The van der Waals surface area contributed by atoms with Crippen LogP contribution in [0.4, 0.5) is 0 Å². The molecule has 0 aliphatic carbocycles. The van der Waals surface area contributed by atoms with E-state index >= 15 is 0 Å². The number of hydrogen-bond acceptors (Lipinski definition) is 0. The van der Waals surface area contributed by atoms with Crippen molar-refractivity contribution >= 4 is 7.85 Å². The highest BCUT2D eigenvalue weighted by Crippen LogP contribution is 2.32. The molecular weight excluding hydrogens is 155 g/mol. The normalized spacial score (nSPS) is 17.6. The first kappa shape index (κ1) is 12.8. The molecule has 0 bridgehead atoms. The molecule has 0 fully saturated rings. The van der Waals surface area contributed by atoms with E-state index in [0.717, 1.165) is 11.8 Å². The highest BCUT2D eigenvalue weighted by molar-refractivity contribution is 6.16. The highest BCUT2D eigenvalue weighted by atomic mass is 14.3. The van der Waals surface area contributed by atoms with E-state index in [0.29, 0.717) is 5.41 Å². The molecule has 76 valence electrons. The Bertz CT molecular complexity index is 159. The predicted molar refractivity (Wildman–Crippen MR) is 64.7 cm³/mol. The van der Waals surface area contributed by atoms with Crippen molar-refractivity contribution in [2.24, 2.45) is 17.3 Å². The lowest BCUT2D eigenvalue weighted by atomic mass is 9.77. The summed E-state index contributed by atoms with van der Waals surface area (Å²) >= 11 is 0. The third-order valence-corrected chi connectivity index (χ3v) is 3.23. The minimum absolute atomic E-state index is 0.509. The van der Waals surface area contributed by atoms with E-state index < -0.39 is 0 Å². The summed E-state index contributed by atoms with van der Waals surface area (Å²) < 4.78 is 0. The van der Waals surface area contributed by atoms with Gasteiger partial charge < -0.3 is 0 Å². The zero-order valence-electron chi connectivity index (χ0n) is 10.2. The molecule has 0 aromatic carbocycles. The monoisotopic (exact) mass is 180 g/mol. The molecule has 0 aliphatic heterocycles. The summed E-state index contributed by atoms with van der Waals surface area (Å²) in [6, 6.07) is 0. The van der Waals surface area contributed by atoms with Crippen LogP contribution < -0.4 is 0 Å². The molecule has 0 rings (SSSR count). The fourth-order valence-corrected chi connectivity index (χ4v) is 1.70. The van der Waals surface area contributed by atoms with E-state index in [1.807, 2.05) is 0 Å². The number of rotatable bonds is 5. The van der Waals surface area contributed by atoms with Crippen molar-refractivity contribution in [3.8, 4) is 0 Å². The maximum absolute atomic E-state index is 2.37. The van der Waals surface area contributed by atoms with Gasteiger partial charge in [-0.15, -0.1) is 5.98 Å². The van der Waals surface area contributed by atoms with E-state index in [1.54, 1.807) is 0 Å². The lowest BCUT2D eigenvalue weighted by Crippen LogP contribution is -2.18. The third kappa shape index (κ3) is 5.18. The van der Waals surface area contributed by atoms with Crippen molar-refractivity contribution in [1.29, 1.82) is 0 Å². The summed E-state index contributed by atoms with van der Waals surface area (Å²) in [5.41, 5.74) is 0.509. The zero-order chi connectivity index (χ0) is 10.5. The van der Waals surface area contributed by atoms with Crippen molar-refractivity contribution in [2.45, 2.75) is 47.5 Å². The van der Waals surface area contributed by atoms with Crippen molar-refractivity contribution in [2.75, 3.05) is 0 Å². The minimum Gasteiger partial charge on any atom is -0.127 e. The summed E-state index contributed by atoms with van der Waals surface area (Å²) in [7, 11) is 2.11. The van der Waals surface area contributed by atoms with Crippen molar-refractivity contribution in [3.05, 3.63) is 12.1 Å². The molecule has 13 heavy (non-hydrogen) atoms. The van der Waals surface area contributed by atoms with Crippen LogP contribution in [-0.2, 0) is 0 Å². The summed E-state index contributed by atoms with van der Waals surface area (Å²) in [6.45, 7) is 11.7. The Labute approximate surface area is 85.2 Å². The van der Waals surface area contributed by atoms with E-state index in [9.17, 15) is 0 Å². The van der Waals surface area contributed by atoms with Crippen LogP contribution in [-0.4, -0.2) is 7.85 Å². The average Bonchev–Trinajstić information content (AvgIpc) is 2.04. The van der Waals surface area contributed by atoms with Crippen LogP contribution in [0, 0.1) is 17.3 Å². The predicted octanol–water partition coefficient (Wildman–Crippen LogP) is 3.23. The van der Waals surface area contributed by atoms with Gasteiger partial charge >= 0.3 is 0 Å². The van der Waals surface area contributed by atoms with Crippen molar-refractivity contribution < 1.29 is 0 Å². The molecule has 0 N–H and O–H groups in total. The Morgan fingerprint density at radius 1 is 1.31 bits per heavy atom. The van der Waals surface area contributed by atoms with Crippen molar-refractivity contribution in [1.82, 2.24) is 0 Å². The first-order valence-corrected chi connectivity index (χ1v) is 5.55. The van der Waals surface area contributed by atoms with Crippen LogP contribution in [0.2, 0.25) is 0 Å². The lowest BCUT2D eigenvalue weighted by Gasteiger charge is -2.28. The fraction of sp³-hybridized carbons (Fsp3) is 0.833. The summed E-state index contributed by atoms with van der Waals surface area (Å²) in [6.07, 6.45) is 4.92. The van der Waals surface area contributed by atoms with Gasteiger partial charge in [0.15, 0.2) is 0 Å². The summed E-state index contributed by atoms with van der Waals surface area (Å²) in [4.78, 5) is 0. The summed E-state index contributed by atoms with van der Waals surface area (Å²) in [5.74, 6) is 3.68. The molecule has 0 aromatic rings. The van der Waals surface area contributed by atoms with Crippen LogP contribution in [0.15, 0.2) is 12.1 Å². The maximum atomic E-state index is 2.37. The average molecular weight is 180 g/mol. The second-order valence-electron chi connectivity index (χ2n) is 5.08. The minimum atomic E-state index is 0.509. The van der Waals surface area contributed by atoms with E-state index in [4.69, 9.17) is 0 Å². The van der Waals surface area contributed by atoms with Crippen LogP contribution in [0.25, 0.3) is 0 Å². The quantitative estimate of drug-likeness (QED) is 0.570. The molecule has 0 saturated carbocycles. The Morgan fingerprint density at radius 2 is 1.85 bits per heavy atom. The van der Waals surface area contributed by atoms with Gasteiger partial charge in [0, 0.05) is 0 Å². The maximum Gasteiger partial charge on any atom is 0.129 e. The third-order valence-electron chi connectivity index (χ3n) is 3.23. The molecule has 2 atom stereocenters. The van der Waals surface area contributed by atoms with Crippen LogP contribution in [0.5, 0.6) is 0 Å². The van der Waals surface area contributed by atoms with Crippen LogP contribution in [0.3, 0.4) is 0 Å². The Kier molecular flexibility index (Phi) is 5.43. The van der Waals surface area contributed by atoms with Gasteiger partial charge in [0.25, 0.3) is 0 Å². The topological polar surface area (TPSA) is 0 Å². The fourth-order valence-electron chi connectivity index (χ4n) is 1.70. The van der Waals surface area contributed by atoms with Gasteiger partial charge in [-0.3, -0.25) is 0 Å². The van der Waals surface area contributed by atoms with E-state index in [1.165, 1.54) is 12.8 Å². The highest BCUT2D eigenvalue weighted by Gasteiger charge is 2.20. The van der Waals surface area contributed by atoms with Gasteiger partial charge in [-0.25, -0.2) is 0 Å². The number of hydrogen-bond donors (Lipinski definition) is 0. The lowest BCUT2D eigenvalue weighted by molar-refractivity contribution is 0.241. The molecule has 0 spiro atoms. The second kappa shape index (κ2) is 5.52. The summed E-state index contributed by atoms with van der Waals surface area (Å²) in [5, 5.41) is 0. The van der Waals surface area contributed by atoms with Crippen LogP contribution >= 0.6 is 0 Å². The molecule has 0 saturated heterocycles. The Morgan fingerprint density at radius 3 is 2.23 bits per heavy atom. The Balaban J connectivity index is 4.06. The largest absolute Gasteiger partial charge is 0.129 e. The molecule has 0 radical (unpaired) electrons. The molecule has 0 nitrogen and oxygen atoms in total. The first-order chi connectivity index (χ1) is 5.93. The molecule has 0 aromatic heterocycles. The SMILES string of the molecule is BC=CC(C)C(C)CC(C)(C)CC. The molecular formula is C12H25B. The molecule has 0 aliphatic rings. The van der Waals surface area contributed by atoms with Gasteiger partial charge in [-0.1, -0.05) is 47.1 Å². The van der Waals surface area contributed by atoms with Gasteiger partial charge in [0.05, 0.1) is 0 Å². The molecule has 0 amide bonds. The van der Waals surface area contributed by atoms with Gasteiger partial charge in [-0.05, 0) is 23.7 Å².